The number of aromatic nitrogens is 2. The summed E-state index contributed by atoms with van der Waals surface area (Å²) in [6.45, 7) is 0. The molecule has 1 fully saturated rings. The molecule has 1 N–H and O–H groups in total. The Labute approximate surface area is 137 Å². The van der Waals surface area contributed by atoms with Gasteiger partial charge in [-0.2, -0.15) is 0 Å². The van der Waals surface area contributed by atoms with Crippen LogP contribution in [0.25, 0.3) is 11.1 Å². The van der Waals surface area contributed by atoms with Crippen molar-refractivity contribution in [3.05, 3.63) is 42.2 Å². The maximum atomic E-state index is 5.34. The van der Waals surface area contributed by atoms with Gasteiger partial charge in [0.25, 0.3) is 0 Å². The molecule has 1 aromatic rings. The van der Waals surface area contributed by atoms with E-state index in [-0.39, 0.29) is 0 Å². The molecule has 0 spiro atoms. The lowest BCUT2D eigenvalue weighted by atomic mass is 9.93. The second kappa shape index (κ2) is 7.26. The second-order valence-electron chi connectivity index (χ2n) is 5.84. The summed E-state index contributed by atoms with van der Waals surface area (Å²) in [5.74, 6) is 3.14. The number of nitrogens with zero attached hydrogens (tertiary/aromatic N) is 2. The fourth-order valence-corrected chi connectivity index (χ4v) is 2.81. The van der Waals surface area contributed by atoms with Gasteiger partial charge in [-0.25, -0.2) is 9.97 Å². The number of terminal acetylenes is 1. The summed E-state index contributed by atoms with van der Waals surface area (Å²) in [5.41, 5.74) is 3.47. The summed E-state index contributed by atoms with van der Waals surface area (Å²) < 4.78 is 5.34. The van der Waals surface area contributed by atoms with Crippen LogP contribution in [-0.2, 0) is 4.74 Å². The molecule has 4 heteroatoms. The molecule has 0 radical (unpaired) electrons. The van der Waals surface area contributed by atoms with Crippen molar-refractivity contribution >= 4 is 5.95 Å². The largest absolute Gasteiger partial charge is 0.381 e. The molecule has 0 atom stereocenters. The van der Waals surface area contributed by atoms with Crippen molar-refractivity contribution < 1.29 is 4.74 Å². The van der Waals surface area contributed by atoms with E-state index in [9.17, 15) is 0 Å². The summed E-state index contributed by atoms with van der Waals surface area (Å²) >= 11 is 0. The third-order valence-electron chi connectivity index (χ3n) is 4.26. The van der Waals surface area contributed by atoms with Crippen LogP contribution in [0.2, 0.25) is 0 Å². The van der Waals surface area contributed by atoms with Crippen LogP contribution in [0.15, 0.2) is 36.5 Å². The molecule has 3 aliphatic carbocycles. The van der Waals surface area contributed by atoms with Gasteiger partial charge in [0.05, 0.1) is 6.10 Å². The van der Waals surface area contributed by atoms with Gasteiger partial charge in [0, 0.05) is 19.3 Å². The van der Waals surface area contributed by atoms with Gasteiger partial charge in [0.2, 0.25) is 5.95 Å². The Morgan fingerprint density at radius 2 is 1.91 bits per heavy atom. The molecule has 1 saturated carbocycles. The first kappa shape index (κ1) is 15.5. The van der Waals surface area contributed by atoms with Crippen LogP contribution in [-0.4, -0.2) is 29.2 Å². The zero-order valence-corrected chi connectivity index (χ0v) is 13.3. The van der Waals surface area contributed by atoms with Crippen LogP contribution in [0.4, 0.5) is 5.95 Å². The first-order valence-electron chi connectivity index (χ1n) is 7.98. The van der Waals surface area contributed by atoms with Crippen LogP contribution in [0.5, 0.6) is 0 Å². The van der Waals surface area contributed by atoms with Crippen molar-refractivity contribution in [3.63, 3.8) is 0 Å². The fraction of sp³-hybridized carbons (Fsp3) is 0.368. The van der Waals surface area contributed by atoms with Gasteiger partial charge in [-0.15, -0.1) is 6.42 Å². The third kappa shape index (κ3) is 4.30. The Morgan fingerprint density at radius 1 is 1.17 bits per heavy atom. The Balaban J connectivity index is 0.000000213. The molecule has 0 bridgehead atoms. The normalized spacial score (nSPS) is 20.7. The van der Waals surface area contributed by atoms with Crippen molar-refractivity contribution in [1.82, 2.24) is 9.97 Å². The number of nitrogens with one attached hydrogen (secondary N) is 1. The average Bonchev–Trinajstić information content (AvgIpc) is 3.21. The Morgan fingerprint density at radius 3 is 2.43 bits per heavy atom. The van der Waals surface area contributed by atoms with E-state index in [0.29, 0.717) is 23.8 Å². The van der Waals surface area contributed by atoms with Crippen molar-refractivity contribution in [3.8, 4) is 23.5 Å². The van der Waals surface area contributed by atoms with E-state index < -0.39 is 0 Å². The molecule has 1 aromatic heterocycles. The van der Waals surface area contributed by atoms with Gasteiger partial charge >= 0.3 is 0 Å². The van der Waals surface area contributed by atoms with Crippen LogP contribution in [0, 0.1) is 12.3 Å². The number of hydrogen-bond donors (Lipinski definition) is 1. The highest BCUT2D eigenvalue weighted by atomic mass is 16.5. The van der Waals surface area contributed by atoms with Gasteiger partial charge in [0.1, 0.15) is 5.69 Å². The Hall–Kier alpha value is -2.38. The van der Waals surface area contributed by atoms with Crippen LogP contribution >= 0.6 is 0 Å². The van der Waals surface area contributed by atoms with Gasteiger partial charge in [-0.3, -0.25) is 0 Å². The number of hydrogen-bond acceptors (Lipinski definition) is 4. The standard InChI is InChI=1S/C13H17N3O.C6H4/c1-3-10-8-9-14-13(15-10)16-11-4-6-12(17-2)7-5-11;1-2-5-4-6(5)3-1/h1,8-9,11-12H,4-7H2,2H3,(H,14,15,16);1-4H. The van der Waals surface area contributed by atoms with E-state index in [4.69, 9.17) is 11.2 Å². The van der Waals surface area contributed by atoms with E-state index in [1.165, 1.54) is 11.1 Å². The zero-order chi connectivity index (χ0) is 16.1. The van der Waals surface area contributed by atoms with E-state index in [1.54, 1.807) is 19.4 Å². The molecule has 3 aliphatic rings. The fourth-order valence-electron chi connectivity index (χ4n) is 2.81. The summed E-state index contributed by atoms with van der Waals surface area (Å²) in [7, 11) is 1.78. The number of fused-ring (bicyclic) bond motifs is 1. The molecule has 23 heavy (non-hydrogen) atoms. The van der Waals surface area contributed by atoms with Gasteiger partial charge in [-0.05, 0) is 48.9 Å². The summed E-state index contributed by atoms with van der Waals surface area (Å²) in [4.78, 5) is 8.41. The van der Waals surface area contributed by atoms with Gasteiger partial charge in [-0.1, -0.05) is 24.1 Å². The van der Waals surface area contributed by atoms with Crippen molar-refractivity contribution in [2.75, 3.05) is 12.4 Å². The lowest BCUT2D eigenvalue weighted by molar-refractivity contribution is 0.0681. The van der Waals surface area contributed by atoms with Crippen LogP contribution < -0.4 is 5.32 Å². The van der Waals surface area contributed by atoms with Crippen molar-refractivity contribution in [2.24, 2.45) is 0 Å². The molecular weight excluding hydrogens is 286 g/mol. The molecule has 4 nitrogen and oxygen atoms in total. The van der Waals surface area contributed by atoms with Crippen LogP contribution in [0.3, 0.4) is 0 Å². The predicted octanol–water partition coefficient (Wildman–Crippen LogP) is 3.49. The van der Waals surface area contributed by atoms with E-state index in [0.717, 1.165) is 25.7 Å². The monoisotopic (exact) mass is 307 g/mol. The van der Waals surface area contributed by atoms with E-state index in [1.807, 2.05) is 0 Å². The molecule has 1 heterocycles. The lowest BCUT2D eigenvalue weighted by Crippen LogP contribution is -2.29. The van der Waals surface area contributed by atoms with Gasteiger partial charge in [0.15, 0.2) is 0 Å². The smallest absolute Gasteiger partial charge is 0.224 e. The highest BCUT2D eigenvalue weighted by molar-refractivity contribution is 5.80. The quantitative estimate of drug-likeness (QED) is 0.752. The molecule has 0 aliphatic heterocycles. The third-order valence-corrected chi connectivity index (χ3v) is 4.26. The Bertz CT molecular complexity index is 683. The highest BCUT2D eigenvalue weighted by Crippen LogP contribution is 2.32. The maximum absolute atomic E-state index is 5.34. The molecule has 0 amide bonds. The minimum Gasteiger partial charge on any atom is -0.381 e. The number of ether oxygens (including phenoxy) is 1. The minimum atomic E-state index is 0.408. The zero-order valence-electron chi connectivity index (χ0n) is 13.3. The Kier molecular flexibility index (Phi) is 4.89. The van der Waals surface area contributed by atoms with Crippen molar-refractivity contribution in [1.29, 1.82) is 0 Å². The van der Waals surface area contributed by atoms with E-state index >= 15 is 0 Å². The van der Waals surface area contributed by atoms with Crippen molar-refractivity contribution in [2.45, 2.75) is 37.8 Å². The van der Waals surface area contributed by atoms with Crippen LogP contribution in [0.1, 0.15) is 31.4 Å². The predicted molar refractivity (Wildman–Crippen MR) is 92.1 cm³/mol. The molecule has 4 rings (SSSR count). The lowest BCUT2D eigenvalue weighted by Gasteiger charge is -2.28. The SMILES string of the molecule is C#Cc1ccnc(NC2CCC(OC)CC2)n1.c1cc2cc-2c1. The summed E-state index contributed by atoms with van der Waals surface area (Å²) in [6.07, 6.45) is 11.7. The minimum absolute atomic E-state index is 0.408. The molecule has 118 valence electrons. The molecule has 0 saturated heterocycles. The maximum Gasteiger partial charge on any atom is 0.224 e. The number of benzene rings is 1. The summed E-state index contributed by atoms with van der Waals surface area (Å²) in [6, 6.07) is 10.6. The highest BCUT2D eigenvalue weighted by Gasteiger charge is 2.21. The molecule has 0 aromatic carbocycles. The van der Waals surface area contributed by atoms with E-state index in [2.05, 4.69) is 45.5 Å². The summed E-state index contributed by atoms with van der Waals surface area (Å²) in [5, 5.41) is 3.33. The number of anilines is 1. The average molecular weight is 307 g/mol. The number of methoxy groups -OCH3 is 1. The molecular formula is C19H21N3O. The first-order chi connectivity index (χ1) is 11.3. The topological polar surface area (TPSA) is 47.0 Å². The second-order valence-corrected chi connectivity index (χ2v) is 5.84. The van der Waals surface area contributed by atoms with Gasteiger partial charge < -0.3 is 10.1 Å². The molecule has 0 unspecified atom stereocenters. The number of rotatable bonds is 3. The first-order valence-corrected chi connectivity index (χ1v) is 7.98.